The molecular formula is C16H20N4O. The van der Waals surface area contributed by atoms with Gasteiger partial charge >= 0.3 is 0 Å². The Morgan fingerprint density at radius 2 is 1.95 bits per heavy atom. The van der Waals surface area contributed by atoms with Crippen molar-refractivity contribution in [3.63, 3.8) is 0 Å². The Labute approximate surface area is 124 Å². The van der Waals surface area contributed by atoms with Gasteiger partial charge in [-0.05, 0) is 30.5 Å². The fourth-order valence-electron chi connectivity index (χ4n) is 2.16. The predicted octanol–water partition coefficient (Wildman–Crippen LogP) is 3.05. The van der Waals surface area contributed by atoms with E-state index < -0.39 is 0 Å². The number of hydrogen-bond acceptors (Lipinski definition) is 4. The number of hydrazine groups is 1. The molecule has 0 unspecified atom stereocenters. The van der Waals surface area contributed by atoms with Gasteiger partial charge in [-0.2, -0.15) is 0 Å². The van der Waals surface area contributed by atoms with Gasteiger partial charge in [0, 0.05) is 17.6 Å². The Morgan fingerprint density at radius 3 is 2.62 bits per heavy atom. The van der Waals surface area contributed by atoms with Crippen molar-refractivity contribution in [1.29, 1.82) is 0 Å². The highest BCUT2D eigenvalue weighted by molar-refractivity contribution is 6.08. The fourth-order valence-corrected chi connectivity index (χ4v) is 2.16. The second-order valence-corrected chi connectivity index (χ2v) is 5.21. The molecule has 0 radical (unpaired) electrons. The molecule has 21 heavy (non-hydrogen) atoms. The van der Waals surface area contributed by atoms with Gasteiger partial charge < -0.3 is 10.7 Å². The van der Waals surface area contributed by atoms with Crippen LogP contribution < -0.4 is 16.6 Å². The lowest BCUT2D eigenvalue weighted by atomic mass is 10.0. The van der Waals surface area contributed by atoms with Crippen LogP contribution in [0.1, 0.15) is 41.4 Å². The molecule has 0 spiro atoms. The highest BCUT2D eigenvalue weighted by Crippen LogP contribution is 2.25. The van der Waals surface area contributed by atoms with E-state index in [1.807, 2.05) is 31.2 Å². The number of carbonyl (C=O) groups excluding carboxylic acids is 1. The third kappa shape index (κ3) is 3.38. The molecule has 2 aromatic rings. The van der Waals surface area contributed by atoms with Crippen LogP contribution in [0, 0.1) is 6.92 Å². The largest absolute Gasteiger partial charge is 0.323 e. The third-order valence-corrected chi connectivity index (χ3v) is 3.27. The molecule has 1 heterocycles. The van der Waals surface area contributed by atoms with Crippen molar-refractivity contribution in [2.75, 3.05) is 10.7 Å². The van der Waals surface area contributed by atoms with Gasteiger partial charge in [-0.15, -0.1) is 0 Å². The van der Waals surface area contributed by atoms with Crippen LogP contribution in [-0.2, 0) is 0 Å². The number of anilines is 2. The van der Waals surface area contributed by atoms with Crippen LogP contribution in [0.15, 0.2) is 36.5 Å². The molecule has 1 aromatic carbocycles. The zero-order valence-corrected chi connectivity index (χ0v) is 12.5. The minimum Gasteiger partial charge on any atom is -0.323 e. The summed E-state index contributed by atoms with van der Waals surface area (Å²) in [6.45, 7) is 6.02. The number of para-hydroxylation sites is 1. The van der Waals surface area contributed by atoms with Crippen LogP contribution in [0.3, 0.4) is 0 Å². The first kappa shape index (κ1) is 15.0. The van der Waals surface area contributed by atoms with Gasteiger partial charge in [-0.25, -0.2) is 0 Å². The van der Waals surface area contributed by atoms with Crippen molar-refractivity contribution in [1.82, 2.24) is 4.98 Å². The topological polar surface area (TPSA) is 80.0 Å². The van der Waals surface area contributed by atoms with Crippen molar-refractivity contribution in [3.05, 3.63) is 53.3 Å². The minimum atomic E-state index is -0.233. The van der Waals surface area contributed by atoms with Crippen molar-refractivity contribution in [2.24, 2.45) is 5.84 Å². The summed E-state index contributed by atoms with van der Waals surface area (Å²) in [5, 5.41) is 2.93. The maximum absolute atomic E-state index is 12.4. The lowest BCUT2D eigenvalue weighted by Crippen LogP contribution is -2.18. The number of pyridine rings is 1. The molecule has 0 aliphatic rings. The number of aromatic nitrogens is 1. The van der Waals surface area contributed by atoms with Gasteiger partial charge in [0.1, 0.15) is 0 Å². The van der Waals surface area contributed by atoms with E-state index >= 15 is 0 Å². The number of amides is 1. The van der Waals surface area contributed by atoms with Crippen molar-refractivity contribution < 1.29 is 4.79 Å². The van der Waals surface area contributed by atoms with Crippen LogP contribution in [0.5, 0.6) is 0 Å². The van der Waals surface area contributed by atoms with E-state index in [0.29, 0.717) is 17.2 Å². The Morgan fingerprint density at radius 1 is 1.24 bits per heavy atom. The molecule has 1 amide bonds. The summed E-state index contributed by atoms with van der Waals surface area (Å²) in [7, 11) is 0. The molecule has 0 bridgehead atoms. The number of rotatable bonds is 4. The molecule has 4 N–H and O–H groups in total. The second-order valence-electron chi connectivity index (χ2n) is 5.21. The SMILES string of the molecule is Cc1cc(NN)c(C(=O)Nc2ccccc2C(C)C)cn1. The van der Waals surface area contributed by atoms with Crippen molar-refractivity contribution in [3.8, 4) is 0 Å². The Kier molecular flexibility index (Phi) is 4.55. The number of nitrogens with one attached hydrogen (secondary N) is 2. The second kappa shape index (κ2) is 6.37. The average molecular weight is 284 g/mol. The maximum atomic E-state index is 12.4. The van der Waals surface area contributed by atoms with E-state index in [-0.39, 0.29) is 5.91 Å². The lowest BCUT2D eigenvalue weighted by Gasteiger charge is -2.15. The summed E-state index contributed by atoms with van der Waals surface area (Å²) in [5.41, 5.74) is 6.21. The molecule has 0 saturated carbocycles. The van der Waals surface area contributed by atoms with Crippen LogP contribution >= 0.6 is 0 Å². The number of nitrogen functional groups attached to an aromatic ring is 1. The van der Waals surface area contributed by atoms with Gasteiger partial charge in [0.2, 0.25) is 0 Å². The van der Waals surface area contributed by atoms with Crippen molar-refractivity contribution >= 4 is 17.3 Å². The minimum absolute atomic E-state index is 0.233. The number of hydrogen-bond donors (Lipinski definition) is 3. The number of benzene rings is 1. The molecule has 0 saturated heterocycles. The molecule has 0 fully saturated rings. The standard InChI is InChI=1S/C16H20N4O/c1-10(2)12-6-4-5-7-14(12)19-16(21)13-9-18-11(3)8-15(13)20-17/h4-10H,17H2,1-3H3,(H,18,20)(H,19,21). The fraction of sp³-hybridized carbons (Fsp3) is 0.250. The summed E-state index contributed by atoms with van der Waals surface area (Å²) in [4.78, 5) is 16.6. The van der Waals surface area contributed by atoms with E-state index in [9.17, 15) is 4.79 Å². The first-order valence-electron chi connectivity index (χ1n) is 6.86. The third-order valence-electron chi connectivity index (χ3n) is 3.27. The zero-order chi connectivity index (χ0) is 15.4. The van der Waals surface area contributed by atoms with Gasteiger partial charge in [-0.3, -0.25) is 15.6 Å². The van der Waals surface area contributed by atoms with Crippen molar-refractivity contribution in [2.45, 2.75) is 26.7 Å². The van der Waals surface area contributed by atoms with Gasteiger partial charge in [0.15, 0.2) is 0 Å². The van der Waals surface area contributed by atoms with Crippen LogP contribution in [0.25, 0.3) is 0 Å². The molecule has 0 aliphatic carbocycles. The Balaban J connectivity index is 2.31. The number of carbonyl (C=O) groups is 1. The van der Waals surface area contributed by atoms with Gasteiger partial charge in [0.25, 0.3) is 5.91 Å². The molecular weight excluding hydrogens is 264 g/mol. The highest BCUT2D eigenvalue weighted by atomic mass is 16.1. The normalized spacial score (nSPS) is 10.5. The van der Waals surface area contributed by atoms with E-state index in [1.54, 1.807) is 6.07 Å². The van der Waals surface area contributed by atoms with Gasteiger partial charge in [-0.1, -0.05) is 32.0 Å². The highest BCUT2D eigenvalue weighted by Gasteiger charge is 2.14. The zero-order valence-electron chi connectivity index (χ0n) is 12.5. The van der Waals surface area contributed by atoms with E-state index in [0.717, 1.165) is 16.9 Å². The molecule has 5 nitrogen and oxygen atoms in total. The molecule has 0 aliphatic heterocycles. The first-order chi connectivity index (χ1) is 10.0. The molecule has 0 atom stereocenters. The van der Waals surface area contributed by atoms with Gasteiger partial charge in [0.05, 0.1) is 11.3 Å². The monoisotopic (exact) mass is 284 g/mol. The number of nitrogens with zero attached hydrogens (tertiary/aromatic N) is 1. The van der Waals surface area contributed by atoms with E-state index in [4.69, 9.17) is 5.84 Å². The van der Waals surface area contributed by atoms with Crippen LogP contribution in [0.2, 0.25) is 0 Å². The molecule has 110 valence electrons. The quantitative estimate of drug-likeness (QED) is 0.595. The Hall–Kier alpha value is -2.40. The molecule has 1 aromatic heterocycles. The summed E-state index contributed by atoms with van der Waals surface area (Å²) >= 11 is 0. The van der Waals surface area contributed by atoms with Crippen LogP contribution in [-0.4, -0.2) is 10.9 Å². The molecule has 5 heteroatoms. The lowest BCUT2D eigenvalue weighted by molar-refractivity contribution is 0.102. The molecule has 2 rings (SSSR count). The van der Waals surface area contributed by atoms with E-state index in [2.05, 4.69) is 29.6 Å². The predicted molar refractivity (Wildman–Crippen MR) is 85.3 cm³/mol. The first-order valence-corrected chi connectivity index (χ1v) is 6.86. The smallest absolute Gasteiger partial charge is 0.259 e. The van der Waals surface area contributed by atoms with Crippen LogP contribution in [0.4, 0.5) is 11.4 Å². The number of aryl methyl sites for hydroxylation is 1. The summed E-state index contributed by atoms with van der Waals surface area (Å²) < 4.78 is 0. The number of nitrogens with two attached hydrogens (primary N) is 1. The maximum Gasteiger partial charge on any atom is 0.259 e. The van der Waals surface area contributed by atoms with E-state index in [1.165, 1.54) is 6.20 Å². The summed E-state index contributed by atoms with van der Waals surface area (Å²) in [6.07, 6.45) is 1.53. The Bertz CT molecular complexity index is 652. The summed E-state index contributed by atoms with van der Waals surface area (Å²) in [5.74, 6) is 5.56. The average Bonchev–Trinajstić information content (AvgIpc) is 2.47. The summed E-state index contributed by atoms with van der Waals surface area (Å²) in [6, 6.07) is 9.51.